The minimum Gasteiger partial charge on any atom is -0.379 e. The van der Waals surface area contributed by atoms with Crippen LogP contribution in [0, 0.1) is 0 Å². The van der Waals surface area contributed by atoms with Gasteiger partial charge in [0.2, 0.25) is 11.8 Å². The highest BCUT2D eigenvalue weighted by Crippen LogP contribution is 2.25. The Kier molecular flexibility index (Phi) is 7.16. The molecule has 0 aliphatic carbocycles. The molecule has 0 saturated carbocycles. The van der Waals surface area contributed by atoms with Crippen molar-refractivity contribution in [3.63, 3.8) is 0 Å². The molecule has 1 aliphatic heterocycles. The van der Waals surface area contributed by atoms with Gasteiger partial charge in [0.1, 0.15) is 0 Å². The molecule has 2 atom stereocenters. The van der Waals surface area contributed by atoms with Crippen LogP contribution in [0.2, 0.25) is 0 Å². The lowest BCUT2D eigenvalue weighted by Crippen LogP contribution is -2.46. The number of primary amides is 1. The standard InChI is InChI=1S/C20H26N4O3S/c1-14(20(26)23-16-6-4-15(5-7-16)19(21)25)22-13-17(18-3-2-12-28-18)24-8-10-27-11-9-24/h2-7,12,14,17,22H,8-11,13H2,1H3,(H2,21,25)(H,23,26). The molecule has 150 valence electrons. The molecule has 1 saturated heterocycles. The average molecular weight is 403 g/mol. The first-order valence-electron chi connectivity index (χ1n) is 9.34. The highest BCUT2D eigenvalue weighted by atomic mass is 32.1. The Hall–Kier alpha value is -2.26. The first-order chi connectivity index (χ1) is 13.5. The minimum absolute atomic E-state index is 0.126. The number of anilines is 1. The van der Waals surface area contributed by atoms with Crippen molar-refractivity contribution in [2.45, 2.75) is 19.0 Å². The van der Waals surface area contributed by atoms with Gasteiger partial charge < -0.3 is 21.1 Å². The van der Waals surface area contributed by atoms with E-state index in [0.717, 1.165) is 26.3 Å². The van der Waals surface area contributed by atoms with Crippen LogP contribution >= 0.6 is 11.3 Å². The number of rotatable bonds is 8. The van der Waals surface area contributed by atoms with E-state index in [-0.39, 0.29) is 18.0 Å². The van der Waals surface area contributed by atoms with Gasteiger partial charge in [0.05, 0.1) is 25.3 Å². The Bertz CT molecular complexity index is 773. The number of nitrogens with two attached hydrogens (primary N) is 1. The van der Waals surface area contributed by atoms with E-state index in [0.29, 0.717) is 17.8 Å². The van der Waals surface area contributed by atoms with E-state index in [4.69, 9.17) is 10.5 Å². The Morgan fingerprint density at radius 2 is 1.93 bits per heavy atom. The quantitative estimate of drug-likeness (QED) is 0.626. The van der Waals surface area contributed by atoms with Crippen molar-refractivity contribution in [1.82, 2.24) is 10.2 Å². The molecule has 8 heteroatoms. The lowest BCUT2D eigenvalue weighted by Gasteiger charge is -2.34. The van der Waals surface area contributed by atoms with Gasteiger partial charge in [0, 0.05) is 35.8 Å². The van der Waals surface area contributed by atoms with Crippen LogP contribution in [0.4, 0.5) is 5.69 Å². The van der Waals surface area contributed by atoms with Crippen molar-refractivity contribution >= 4 is 28.8 Å². The summed E-state index contributed by atoms with van der Waals surface area (Å²) in [5, 5.41) is 8.30. The molecule has 7 nitrogen and oxygen atoms in total. The van der Waals surface area contributed by atoms with E-state index in [2.05, 4.69) is 33.0 Å². The van der Waals surface area contributed by atoms with Gasteiger partial charge in [-0.1, -0.05) is 6.07 Å². The highest BCUT2D eigenvalue weighted by Gasteiger charge is 2.24. The molecular weight excluding hydrogens is 376 g/mol. The summed E-state index contributed by atoms with van der Waals surface area (Å²) >= 11 is 1.73. The van der Waals surface area contributed by atoms with Gasteiger partial charge in [-0.2, -0.15) is 0 Å². The lowest BCUT2D eigenvalue weighted by atomic mass is 10.1. The number of amides is 2. The van der Waals surface area contributed by atoms with Crippen LogP contribution in [0.3, 0.4) is 0 Å². The van der Waals surface area contributed by atoms with Gasteiger partial charge in [-0.3, -0.25) is 14.5 Å². The van der Waals surface area contributed by atoms with Crippen LogP contribution in [0.5, 0.6) is 0 Å². The maximum atomic E-state index is 12.5. The number of thiophene rings is 1. The fourth-order valence-corrected chi connectivity index (χ4v) is 3.99. The monoisotopic (exact) mass is 402 g/mol. The zero-order valence-electron chi connectivity index (χ0n) is 15.9. The maximum absolute atomic E-state index is 12.5. The van der Waals surface area contributed by atoms with Crippen molar-refractivity contribution in [3.8, 4) is 0 Å². The summed E-state index contributed by atoms with van der Waals surface area (Å²) in [5.74, 6) is -0.616. The molecule has 1 aliphatic rings. The highest BCUT2D eigenvalue weighted by molar-refractivity contribution is 7.10. The number of hydrogen-bond donors (Lipinski definition) is 3. The Labute approximate surface area is 168 Å². The molecule has 2 amide bonds. The topological polar surface area (TPSA) is 96.7 Å². The van der Waals surface area contributed by atoms with Crippen molar-refractivity contribution in [2.75, 3.05) is 38.2 Å². The van der Waals surface area contributed by atoms with E-state index in [1.54, 1.807) is 35.6 Å². The van der Waals surface area contributed by atoms with Gasteiger partial charge in [0.25, 0.3) is 0 Å². The predicted octanol–water partition coefficient (Wildman–Crippen LogP) is 1.84. The van der Waals surface area contributed by atoms with Crippen LogP contribution in [0.1, 0.15) is 28.2 Å². The number of carbonyl (C=O) groups is 2. The second-order valence-electron chi connectivity index (χ2n) is 6.74. The zero-order valence-corrected chi connectivity index (χ0v) is 16.7. The van der Waals surface area contributed by atoms with Gasteiger partial charge in [-0.05, 0) is 42.6 Å². The van der Waals surface area contributed by atoms with E-state index < -0.39 is 5.91 Å². The van der Waals surface area contributed by atoms with E-state index in [1.165, 1.54) is 4.88 Å². The van der Waals surface area contributed by atoms with Crippen LogP contribution in [0.15, 0.2) is 41.8 Å². The van der Waals surface area contributed by atoms with Crippen molar-refractivity contribution < 1.29 is 14.3 Å². The van der Waals surface area contributed by atoms with Crippen molar-refractivity contribution in [3.05, 3.63) is 52.2 Å². The molecule has 28 heavy (non-hydrogen) atoms. The largest absolute Gasteiger partial charge is 0.379 e. The average Bonchev–Trinajstić information content (AvgIpc) is 3.23. The smallest absolute Gasteiger partial charge is 0.248 e. The molecule has 0 spiro atoms. The number of benzene rings is 1. The third-order valence-corrected chi connectivity index (χ3v) is 5.78. The number of nitrogens with zero attached hydrogens (tertiary/aromatic N) is 1. The van der Waals surface area contributed by atoms with E-state index >= 15 is 0 Å². The Morgan fingerprint density at radius 1 is 1.21 bits per heavy atom. The summed E-state index contributed by atoms with van der Waals surface area (Å²) < 4.78 is 5.47. The van der Waals surface area contributed by atoms with E-state index in [9.17, 15) is 9.59 Å². The summed E-state index contributed by atoms with van der Waals surface area (Å²) in [5.41, 5.74) is 6.28. The molecule has 2 unspecified atom stereocenters. The van der Waals surface area contributed by atoms with E-state index in [1.807, 2.05) is 6.92 Å². The lowest BCUT2D eigenvalue weighted by molar-refractivity contribution is -0.117. The third kappa shape index (κ3) is 5.39. The molecule has 0 radical (unpaired) electrons. The molecule has 2 heterocycles. The van der Waals surface area contributed by atoms with Crippen molar-refractivity contribution in [1.29, 1.82) is 0 Å². The number of hydrogen-bond acceptors (Lipinski definition) is 6. The van der Waals surface area contributed by atoms with Crippen molar-refractivity contribution in [2.24, 2.45) is 5.73 Å². The molecule has 2 aromatic rings. The Morgan fingerprint density at radius 3 is 2.54 bits per heavy atom. The fraction of sp³-hybridized carbons (Fsp3) is 0.400. The normalized spacial score (nSPS) is 17.0. The maximum Gasteiger partial charge on any atom is 0.248 e. The number of carbonyl (C=O) groups excluding carboxylic acids is 2. The molecule has 1 aromatic heterocycles. The fourth-order valence-electron chi connectivity index (χ4n) is 3.13. The summed E-state index contributed by atoms with van der Waals surface area (Å²) in [6.45, 7) is 5.76. The first-order valence-corrected chi connectivity index (χ1v) is 10.2. The van der Waals surface area contributed by atoms with Crippen LogP contribution in [-0.2, 0) is 9.53 Å². The molecular formula is C20H26N4O3S. The number of morpholine rings is 1. The summed E-state index contributed by atoms with van der Waals surface area (Å²) in [4.78, 5) is 27.3. The minimum atomic E-state index is -0.490. The molecule has 4 N–H and O–H groups in total. The first kappa shape index (κ1) is 20.5. The summed E-state index contributed by atoms with van der Waals surface area (Å²) in [7, 11) is 0. The van der Waals surface area contributed by atoms with Crippen LogP contribution in [-0.4, -0.2) is 55.6 Å². The van der Waals surface area contributed by atoms with Crippen LogP contribution < -0.4 is 16.4 Å². The Balaban J connectivity index is 1.56. The number of nitrogens with one attached hydrogen (secondary N) is 2. The number of ether oxygens (including phenoxy) is 1. The SMILES string of the molecule is CC(NCC(c1cccs1)N1CCOCC1)C(=O)Nc1ccc(C(N)=O)cc1. The van der Waals surface area contributed by atoms with Gasteiger partial charge in [-0.15, -0.1) is 11.3 Å². The van der Waals surface area contributed by atoms with Gasteiger partial charge >= 0.3 is 0 Å². The molecule has 3 rings (SSSR count). The third-order valence-electron chi connectivity index (χ3n) is 4.81. The summed E-state index contributed by atoms with van der Waals surface area (Å²) in [6, 6.07) is 10.6. The summed E-state index contributed by atoms with van der Waals surface area (Å²) in [6.07, 6.45) is 0. The van der Waals surface area contributed by atoms with Gasteiger partial charge in [-0.25, -0.2) is 0 Å². The predicted molar refractivity (Wildman–Crippen MR) is 111 cm³/mol. The second kappa shape index (κ2) is 9.79. The molecule has 0 bridgehead atoms. The molecule has 1 fully saturated rings. The zero-order chi connectivity index (χ0) is 19.9. The van der Waals surface area contributed by atoms with Gasteiger partial charge in [0.15, 0.2) is 0 Å². The second-order valence-corrected chi connectivity index (χ2v) is 7.72. The van der Waals surface area contributed by atoms with Crippen LogP contribution in [0.25, 0.3) is 0 Å². The molecule has 1 aromatic carbocycles.